The third-order valence-corrected chi connectivity index (χ3v) is 3.81. The molecule has 0 aliphatic heterocycles. The molecule has 2 heterocycles. The van der Waals surface area contributed by atoms with Crippen molar-refractivity contribution in [2.75, 3.05) is 17.7 Å². The molecule has 27 heavy (non-hydrogen) atoms. The lowest BCUT2D eigenvalue weighted by Crippen LogP contribution is -2.14. The summed E-state index contributed by atoms with van der Waals surface area (Å²) in [6.45, 7) is 5.63. The Labute approximate surface area is 157 Å². The van der Waals surface area contributed by atoms with Gasteiger partial charge in [0.25, 0.3) is 5.91 Å². The van der Waals surface area contributed by atoms with E-state index in [2.05, 4.69) is 32.2 Å². The Morgan fingerprint density at radius 2 is 1.96 bits per heavy atom. The molecule has 0 unspecified atom stereocenters. The van der Waals surface area contributed by atoms with E-state index < -0.39 is 0 Å². The summed E-state index contributed by atoms with van der Waals surface area (Å²) in [7, 11) is 1.74. The number of amides is 1. The molecule has 2 aromatic heterocycles. The topological polar surface area (TPSA) is 89.0 Å². The fraction of sp³-hybridized carbons (Fsp3) is 0.100. The Hall–Kier alpha value is -3.74. The van der Waals surface area contributed by atoms with Crippen LogP contribution in [0.4, 0.5) is 11.5 Å². The van der Waals surface area contributed by atoms with Crippen LogP contribution < -0.4 is 15.4 Å². The number of aryl methyl sites for hydroxylation is 1. The Kier molecular flexibility index (Phi) is 5.41. The van der Waals surface area contributed by atoms with Crippen LogP contribution in [0.15, 0.2) is 55.4 Å². The van der Waals surface area contributed by atoms with Crippen LogP contribution in [0.1, 0.15) is 21.6 Å². The molecule has 0 fully saturated rings. The normalized spacial score (nSPS) is 10.1. The van der Waals surface area contributed by atoms with Crippen molar-refractivity contribution in [2.24, 2.45) is 0 Å². The Morgan fingerprint density at radius 1 is 1.19 bits per heavy atom. The maximum Gasteiger partial charge on any atom is 0.321 e. The predicted molar refractivity (Wildman–Crippen MR) is 105 cm³/mol. The average molecular weight is 361 g/mol. The summed E-state index contributed by atoms with van der Waals surface area (Å²) in [6.07, 6.45) is 4.87. The lowest BCUT2D eigenvalue weighted by Gasteiger charge is -2.11. The first-order valence-corrected chi connectivity index (χ1v) is 8.29. The second-order valence-electron chi connectivity index (χ2n) is 5.66. The Balaban J connectivity index is 1.80. The Bertz CT molecular complexity index is 973. The van der Waals surface area contributed by atoms with Crippen LogP contribution in [0.25, 0.3) is 6.08 Å². The summed E-state index contributed by atoms with van der Waals surface area (Å²) in [6, 6.07) is 10.8. The van der Waals surface area contributed by atoms with Gasteiger partial charge < -0.3 is 15.4 Å². The quantitative estimate of drug-likeness (QED) is 0.692. The monoisotopic (exact) mass is 361 g/mol. The first-order valence-electron chi connectivity index (χ1n) is 8.29. The van der Waals surface area contributed by atoms with E-state index in [1.165, 1.54) is 0 Å². The van der Waals surface area contributed by atoms with E-state index in [-0.39, 0.29) is 11.9 Å². The lowest BCUT2D eigenvalue weighted by molar-refractivity contribution is 0.102. The van der Waals surface area contributed by atoms with Gasteiger partial charge in [0.1, 0.15) is 17.3 Å². The Morgan fingerprint density at radius 3 is 2.67 bits per heavy atom. The summed E-state index contributed by atoms with van der Waals surface area (Å²) in [4.78, 5) is 24.9. The van der Waals surface area contributed by atoms with Crippen molar-refractivity contribution in [1.29, 1.82) is 0 Å². The molecule has 0 bridgehead atoms. The number of hydrogen-bond acceptors (Lipinski definition) is 6. The highest BCUT2D eigenvalue weighted by Crippen LogP contribution is 2.26. The minimum atomic E-state index is -0.326. The van der Waals surface area contributed by atoms with Gasteiger partial charge in [0.05, 0.1) is 0 Å². The first-order chi connectivity index (χ1) is 13.1. The van der Waals surface area contributed by atoms with Gasteiger partial charge in [-0.15, -0.1) is 0 Å². The zero-order chi connectivity index (χ0) is 19.2. The molecular weight excluding hydrogens is 342 g/mol. The highest BCUT2D eigenvalue weighted by molar-refractivity contribution is 6.03. The maximum absolute atomic E-state index is 12.5. The number of nitrogens with one attached hydrogen (secondary N) is 2. The van der Waals surface area contributed by atoms with Gasteiger partial charge in [0.15, 0.2) is 0 Å². The molecule has 3 aromatic rings. The third kappa shape index (κ3) is 4.27. The van der Waals surface area contributed by atoms with Crippen molar-refractivity contribution < 1.29 is 9.53 Å². The summed E-state index contributed by atoms with van der Waals surface area (Å²) in [5.74, 6) is 0.824. The fourth-order valence-electron chi connectivity index (χ4n) is 2.38. The van der Waals surface area contributed by atoms with E-state index in [1.54, 1.807) is 55.8 Å². The molecule has 0 saturated heterocycles. The smallest absolute Gasteiger partial charge is 0.321 e. The van der Waals surface area contributed by atoms with Crippen LogP contribution in [-0.2, 0) is 0 Å². The number of carbonyl (C=O) groups excluding carboxylic acids is 1. The lowest BCUT2D eigenvalue weighted by atomic mass is 10.2. The number of ether oxygens (including phenoxy) is 1. The molecule has 1 amide bonds. The number of pyridine rings is 1. The van der Waals surface area contributed by atoms with Gasteiger partial charge in [0, 0.05) is 36.8 Å². The van der Waals surface area contributed by atoms with E-state index in [0.29, 0.717) is 22.9 Å². The minimum absolute atomic E-state index is 0.240. The molecule has 136 valence electrons. The van der Waals surface area contributed by atoms with Crippen molar-refractivity contribution >= 4 is 23.5 Å². The van der Waals surface area contributed by atoms with Gasteiger partial charge in [0.2, 0.25) is 0 Å². The number of hydrogen-bond donors (Lipinski definition) is 2. The van der Waals surface area contributed by atoms with Gasteiger partial charge in [-0.25, -0.2) is 15.0 Å². The SMILES string of the molecule is C=Cc1ccc(C(=O)Nc2ccc(C)c(Oc3ncccn3)c2)nc1NC. The second kappa shape index (κ2) is 8.09. The number of nitrogens with zero attached hydrogens (tertiary/aromatic N) is 3. The molecule has 0 aliphatic carbocycles. The molecule has 0 radical (unpaired) electrons. The molecule has 0 spiro atoms. The summed E-state index contributed by atoms with van der Waals surface area (Å²) in [5, 5.41) is 5.78. The summed E-state index contributed by atoms with van der Waals surface area (Å²) < 4.78 is 5.69. The fourth-order valence-corrected chi connectivity index (χ4v) is 2.38. The maximum atomic E-state index is 12.5. The van der Waals surface area contributed by atoms with E-state index >= 15 is 0 Å². The van der Waals surface area contributed by atoms with Gasteiger partial charge in [-0.2, -0.15) is 0 Å². The van der Waals surface area contributed by atoms with E-state index in [9.17, 15) is 4.79 Å². The van der Waals surface area contributed by atoms with Crippen LogP contribution in [-0.4, -0.2) is 27.9 Å². The molecule has 7 heteroatoms. The van der Waals surface area contributed by atoms with Gasteiger partial charge in [-0.05, 0) is 36.8 Å². The van der Waals surface area contributed by atoms with Crippen molar-refractivity contribution in [3.63, 3.8) is 0 Å². The van der Waals surface area contributed by atoms with Gasteiger partial charge in [-0.3, -0.25) is 4.79 Å². The molecule has 0 aliphatic rings. The number of rotatable bonds is 6. The zero-order valence-electron chi connectivity index (χ0n) is 15.1. The highest BCUT2D eigenvalue weighted by atomic mass is 16.5. The third-order valence-electron chi connectivity index (χ3n) is 3.81. The van der Waals surface area contributed by atoms with E-state index in [4.69, 9.17) is 4.74 Å². The summed E-state index contributed by atoms with van der Waals surface area (Å²) >= 11 is 0. The largest absolute Gasteiger partial charge is 0.424 e. The first kappa shape index (κ1) is 18.1. The van der Waals surface area contributed by atoms with Crippen molar-refractivity contribution in [3.8, 4) is 11.8 Å². The number of carbonyl (C=O) groups is 1. The molecule has 1 aromatic carbocycles. The second-order valence-corrected chi connectivity index (χ2v) is 5.66. The van der Waals surface area contributed by atoms with Crippen LogP contribution in [0.5, 0.6) is 11.8 Å². The van der Waals surface area contributed by atoms with Crippen LogP contribution in [0.3, 0.4) is 0 Å². The molecule has 0 saturated carbocycles. The highest BCUT2D eigenvalue weighted by Gasteiger charge is 2.12. The average Bonchev–Trinajstić information content (AvgIpc) is 2.70. The van der Waals surface area contributed by atoms with Crippen LogP contribution in [0, 0.1) is 6.92 Å². The predicted octanol–water partition coefficient (Wildman–Crippen LogP) is 3.91. The van der Waals surface area contributed by atoms with Gasteiger partial charge >= 0.3 is 6.01 Å². The summed E-state index contributed by atoms with van der Waals surface area (Å²) in [5.41, 5.74) is 2.59. The number of aromatic nitrogens is 3. The number of anilines is 2. The molecule has 2 N–H and O–H groups in total. The van der Waals surface area contributed by atoms with E-state index in [0.717, 1.165) is 11.1 Å². The number of benzene rings is 1. The van der Waals surface area contributed by atoms with Crippen molar-refractivity contribution in [2.45, 2.75) is 6.92 Å². The van der Waals surface area contributed by atoms with E-state index in [1.807, 2.05) is 13.0 Å². The van der Waals surface area contributed by atoms with Crippen molar-refractivity contribution in [3.05, 3.63) is 72.2 Å². The van der Waals surface area contributed by atoms with Crippen LogP contribution in [0.2, 0.25) is 0 Å². The standard InChI is InChI=1S/C20H19N5O2/c1-4-14-7-9-16(25-18(14)21-3)19(26)24-15-8-6-13(2)17(12-15)27-20-22-10-5-11-23-20/h4-12H,1H2,2-3H3,(H,21,25)(H,24,26). The molecule has 7 nitrogen and oxygen atoms in total. The van der Waals surface area contributed by atoms with Crippen molar-refractivity contribution in [1.82, 2.24) is 15.0 Å². The molecular formula is C20H19N5O2. The molecule has 3 rings (SSSR count). The minimum Gasteiger partial charge on any atom is -0.424 e. The molecule has 0 atom stereocenters. The zero-order valence-corrected chi connectivity index (χ0v) is 15.1. The van der Waals surface area contributed by atoms with Gasteiger partial charge in [-0.1, -0.05) is 18.7 Å². The van der Waals surface area contributed by atoms with Crippen LogP contribution >= 0.6 is 0 Å².